The molecule has 1 fully saturated rings. The summed E-state index contributed by atoms with van der Waals surface area (Å²) in [5.41, 5.74) is 0. The van der Waals surface area contributed by atoms with Crippen molar-refractivity contribution < 1.29 is 23.0 Å². The Hall–Kier alpha value is -0.290. The summed E-state index contributed by atoms with van der Waals surface area (Å²) in [6, 6.07) is 0. The summed E-state index contributed by atoms with van der Waals surface area (Å²) in [6.07, 6.45) is -5.75. The second kappa shape index (κ2) is 3.62. The van der Waals surface area contributed by atoms with Crippen molar-refractivity contribution in [1.82, 2.24) is 0 Å². The van der Waals surface area contributed by atoms with Crippen molar-refractivity contribution in [2.24, 2.45) is 5.92 Å². The maximum absolute atomic E-state index is 11.9. The number of halogens is 3. The Morgan fingerprint density at radius 2 is 2.08 bits per heavy atom. The van der Waals surface area contributed by atoms with E-state index in [9.17, 15) is 13.2 Å². The smallest absolute Gasteiger partial charge is 0.383 e. The van der Waals surface area contributed by atoms with Crippen molar-refractivity contribution in [1.29, 1.82) is 0 Å². The van der Waals surface area contributed by atoms with Crippen LogP contribution in [0.5, 0.6) is 0 Å². The van der Waals surface area contributed by atoms with Gasteiger partial charge in [-0.3, -0.25) is 0 Å². The van der Waals surface area contributed by atoms with Gasteiger partial charge in [-0.05, 0) is 12.8 Å². The van der Waals surface area contributed by atoms with Crippen molar-refractivity contribution in [2.75, 3.05) is 13.2 Å². The summed E-state index contributed by atoms with van der Waals surface area (Å²) in [4.78, 5) is 0. The van der Waals surface area contributed by atoms with Gasteiger partial charge in [-0.1, -0.05) is 0 Å². The fourth-order valence-electron chi connectivity index (χ4n) is 1.28. The molecule has 1 saturated heterocycles. The zero-order valence-corrected chi connectivity index (χ0v) is 6.47. The molecule has 0 aromatic rings. The number of aliphatic hydroxyl groups excluding tert-OH is 1. The van der Waals surface area contributed by atoms with Crippen LogP contribution in [0, 0.1) is 5.92 Å². The maximum atomic E-state index is 11.9. The number of alkyl halides is 3. The average molecular weight is 184 g/mol. The summed E-state index contributed by atoms with van der Waals surface area (Å²) in [5.74, 6) is -0.779. The van der Waals surface area contributed by atoms with Gasteiger partial charge < -0.3 is 9.84 Å². The molecule has 1 N–H and O–H groups in total. The number of rotatable bonds is 1. The molecule has 0 spiro atoms. The molecule has 2 atom stereocenters. The van der Waals surface area contributed by atoms with Gasteiger partial charge in [0.1, 0.15) is 0 Å². The summed E-state index contributed by atoms with van der Waals surface area (Å²) >= 11 is 0. The lowest BCUT2D eigenvalue weighted by molar-refractivity contribution is -0.228. The predicted molar refractivity (Wildman–Crippen MR) is 35.6 cm³/mol. The molecule has 5 heteroatoms. The van der Waals surface area contributed by atoms with E-state index in [1.54, 1.807) is 0 Å². The van der Waals surface area contributed by atoms with Crippen LogP contribution in [0.15, 0.2) is 0 Å². The van der Waals surface area contributed by atoms with Crippen LogP contribution < -0.4 is 0 Å². The van der Waals surface area contributed by atoms with Crippen LogP contribution in [0.2, 0.25) is 0 Å². The van der Waals surface area contributed by atoms with E-state index in [2.05, 4.69) is 0 Å². The van der Waals surface area contributed by atoms with Crippen molar-refractivity contribution in [2.45, 2.75) is 25.1 Å². The molecule has 0 aromatic heterocycles. The molecule has 0 aliphatic carbocycles. The second-order valence-corrected chi connectivity index (χ2v) is 2.96. The van der Waals surface area contributed by atoms with Gasteiger partial charge in [0.05, 0.1) is 6.61 Å². The van der Waals surface area contributed by atoms with Gasteiger partial charge in [0.25, 0.3) is 0 Å². The molecular formula is C7H11F3O2. The van der Waals surface area contributed by atoms with Gasteiger partial charge in [-0.25, -0.2) is 0 Å². The first kappa shape index (κ1) is 9.80. The lowest BCUT2D eigenvalue weighted by atomic mass is 9.96. The second-order valence-electron chi connectivity index (χ2n) is 2.96. The minimum atomic E-state index is -4.51. The topological polar surface area (TPSA) is 29.5 Å². The van der Waals surface area contributed by atoms with Gasteiger partial charge >= 0.3 is 6.18 Å². The van der Waals surface area contributed by atoms with Crippen LogP contribution in [0.4, 0.5) is 13.2 Å². The molecule has 0 saturated carbocycles. The third-order valence-corrected chi connectivity index (χ3v) is 1.98. The highest BCUT2D eigenvalue weighted by molar-refractivity contribution is 4.77. The SMILES string of the molecule is O[C@H]([C@@H]1CCCOC1)C(F)(F)F. The van der Waals surface area contributed by atoms with Crippen LogP contribution in [-0.2, 0) is 4.74 Å². The monoisotopic (exact) mass is 184 g/mol. The van der Waals surface area contributed by atoms with Crippen molar-refractivity contribution in [3.63, 3.8) is 0 Å². The first-order valence-corrected chi connectivity index (χ1v) is 3.84. The highest BCUT2D eigenvalue weighted by Gasteiger charge is 2.43. The predicted octanol–water partition coefficient (Wildman–Crippen LogP) is 1.34. The third kappa shape index (κ3) is 2.35. The van der Waals surface area contributed by atoms with Crippen molar-refractivity contribution in [3.8, 4) is 0 Å². The molecule has 0 amide bonds. The standard InChI is InChI=1S/C7H11F3O2/c8-7(9,10)6(11)5-2-1-3-12-4-5/h5-6,11H,1-4H2/t5-,6-/m1/s1. The molecule has 0 bridgehead atoms. The summed E-state index contributed by atoms with van der Waals surface area (Å²) < 4.78 is 40.6. The Labute approximate surface area is 68.3 Å². The van der Waals surface area contributed by atoms with E-state index < -0.39 is 18.2 Å². The fourth-order valence-corrected chi connectivity index (χ4v) is 1.28. The molecule has 0 unspecified atom stereocenters. The highest BCUT2D eigenvalue weighted by Crippen LogP contribution is 2.29. The van der Waals surface area contributed by atoms with E-state index in [1.165, 1.54) is 0 Å². The molecule has 1 aliphatic rings. The number of ether oxygens (including phenoxy) is 1. The molecule has 72 valence electrons. The zero-order chi connectivity index (χ0) is 9.19. The largest absolute Gasteiger partial charge is 0.414 e. The van der Waals surface area contributed by atoms with Crippen LogP contribution in [0.25, 0.3) is 0 Å². The van der Waals surface area contributed by atoms with Crippen LogP contribution in [-0.4, -0.2) is 30.6 Å². The normalized spacial score (nSPS) is 28.5. The average Bonchev–Trinajstić information content (AvgIpc) is 2.03. The Bertz CT molecular complexity index is 140. The minimum Gasteiger partial charge on any atom is -0.383 e. The molecular weight excluding hydrogens is 173 g/mol. The quantitative estimate of drug-likeness (QED) is 0.666. The van der Waals surface area contributed by atoms with Crippen LogP contribution in [0.1, 0.15) is 12.8 Å². The molecule has 1 rings (SSSR count). The third-order valence-electron chi connectivity index (χ3n) is 1.98. The highest BCUT2D eigenvalue weighted by atomic mass is 19.4. The Balaban J connectivity index is 2.45. The van der Waals surface area contributed by atoms with E-state index in [1.807, 2.05) is 0 Å². The maximum Gasteiger partial charge on any atom is 0.414 e. The lowest BCUT2D eigenvalue weighted by Crippen LogP contribution is -2.39. The van der Waals surface area contributed by atoms with Gasteiger partial charge in [0.2, 0.25) is 0 Å². The molecule has 12 heavy (non-hydrogen) atoms. The summed E-state index contributed by atoms with van der Waals surface area (Å²) in [5, 5.41) is 8.81. The summed E-state index contributed by atoms with van der Waals surface area (Å²) in [6.45, 7) is 0.516. The van der Waals surface area contributed by atoms with Gasteiger partial charge in [-0.15, -0.1) is 0 Å². The van der Waals surface area contributed by atoms with Gasteiger partial charge in [0, 0.05) is 12.5 Å². The van der Waals surface area contributed by atoms with Gasteiger partial charge in [0.15, 0.2) is 6.10 Å². The van der Waals surface area contributed by atoms with E-state index in [-0.39, 0.29) is 6.61 Å². The number of hydrogen-bond acceptors (Lipinski definition) is 2. The number of aliphatic hydroxyl groups is 1. The van der Waals surface area contributed by atoms with E-state index in [0.29, 0.717) is 19.4 Å². The number of hydrogen-bond donors (Lipinski definition) is 1. The van der Waals surface area contributed by atoms with Crippen molar-refractivity contribution >= 4 is 0 Å². The lowest BCUT2D eigenvalue weighted by Gasteiger charge is -2.27. The van der Waals surface area contributed by atoms with E-state index in [4.69, 9.17) is 9.84 Å². The Morgan fingerprint density at radius 3 is 2.50 bits per heavy atom. The van der Waals surface area contributed by atoms with E-state index >= 15 is 0 Å². The first-order chi connectivity index (χ1) is 5.52. The van der Waals surface area contributed by atoms with Crippen LogP contribution in [0.3, 0.4) is 0 Å². The van der Waals surface area contributed by atoms with Gasteiger partial charge in [-0.2, -0.15) is 13.2 Å². The van der Waals surface area contributed by atoms with Crippen LogP contribution >= 0.6 is 0 Å². The molecule has 2 nitrogen and oxygen atoms in total. The molecule has 1 aliphatic heterocycles. The van der Waals surface area contributed by atoms with E-state index in [0.717, 1.165) is 0 Å². The summed E-state index contributed by atoms with van der Waals surface area (Å²) in [7, 11) is 0. The minimum absolute atomic E-state index is 0.0146. The van der Waals surface area contributed by atoms with Crippen molar-refractivity contribution in [3.05, 3.63) is 0 Å². The zero-order valence-electron chi connectivity index (χ0n) is 6.47. The molecule has 1 heterocycles. The Kier molecular flexibility index (Phi) is 2.95. The molecule has 0 radical (unpaired) electrons. The Morgan fingerprint density at radius 1 is 1.42 bits per heavy atom. The fraction of sp³-hybridized carbons (Fsp3) is 1.00. The first-order valence-electron chi connectivity index (χ1n) is 3.84. The molecule has 0 aromatic carbocycles.